The molecule has 0 saturated heterocycles. The zero-order valence-electron chi connectivity index (χ0n) is 18.6. The quantitative estimate of drug-likeness (QED) is 0.669. The van der Waals surface area contributed by atoms with Gasteiger partial charge in [0, 0.05) is 11.5 Å². The van der Waals surface area contributed by atoms with E-state index >= 15 is 0 Å². The lowest BCUT2D eigenvalue weighted by atomic mass is 9.95. The average molecular weight is 458 g/mol. The van der Waals surface area contributed by atoms with Crippen molar-refractivity contribution in [2.75, 3.05) is 20.5 Å². The first-order valence-electron chi connectivity index (χ1n) is 10.6. The Kier molecular flexibility index (Phi) is 6.09. The molecule has 0 aromatic heterocycles. The second-order valence-corrected chi connectivity index (χ2v) is 9.79. The second-order valence-electron chi connectivity index (χ2n) is 8.44. The number of nitrogens with one attached hydrogen (secondary N) is 1. The van der Waals surface area contributed by atoms with Crippen molar-refractivity contribution in [3.63, 3.8) is 0 Å². The molecule has 170 valence electrons. The van der Waals surface area contributed by atoms with Crippen molar-refractivity contribution in [1.29, 1.82) is 0 Å². The van der Waals surface area contributed by atoms with Gasteiger partial charge in [0.25, 0.3) is 0 Å². The number of phenols is 1. The Hall–Kier alpha value is -2.71. The number of carbonyl (C=O) groups excluding carboxylic acids is 1. The molecular weight excluding hydrogens is 430 g/mol. The Balaban J connectivity index is 1.94. The minimum absolute atomic E-state index is 0.0134. The Bertz CT molecular complexity index is 1130. The standard InChI is InChI=1S/C24H27NO6S/c1-12-9-15(12)24(28)25-17-7-5-13-10-19(30-2)23(31-3)22(27)21(13)14-6-8-20(32(4)29)18(26)11-16(14)17/h6,8,10-12,15,17,27H,5,7,9H2,1-4H3,(H,25,28)/t12?,15?,17-,32?/m0/s1. The lowest BCUT2D eigenvalue weighted by Gasteiger charge is -2.19. The monoisotopic (exact) mass is 457 g/mol. The Labute approximate surface area is 189 Å². The number of benzene rings is 1. The summed E-state index contributed by atoms with van der Waals surface area (Å²) in [7, 11) is 2.95. The molecular formula is C24H27NO6S. The molecule has 2 aromatic carbocycles. The highest BCUT2D eigenvalue weighted by Gasteiger charge is 2.40. The zero-order valence-corrected chi connectivity index (χ0v) is 19.4. The normalized spacial score (nSPS) is 22.1. The van der Waals surface area contributed by atoms with Crippen LogP contribution < -0.4 is 20.2 Å². The summed E-state index contributed by atoms with van der Waals surface area (Å²) in [4.78, 5) is 25.8. The van der Waals surface area contributed by atoms with Gasteiger partial charge in [0.05, 0.1) is 20.3 Å². The Morgan fingerprint density at radius 2 is 1.97 bits per heavy atom. The molecule has 1 amide bonds. The van der Waals surface area contributed by atoms with Gasteiger partial charge in [0.15, 0.2) is 16.4 Å². The fourth-order valence-electron chi connectivity index (χ4n) is 4.48. The van der Waals surface area contributed by atoms with E-state index in [1.54, 1.807) is 6.07 Å². The first-order chi connectivity index (χ1) is 15.3. The number of methoxy groups -OCH3 is 2. The van der Waals surface area contributed by atoms with E-state index in [1.165, 1.54) is 32.6 Å². The number of phenolic OH excluding ortho intramolecular Hbond substituents is 1. The predicted octanol–water partition coefficient (Wildman–Crippen LogP) is 2.93. The van der Waals surface area contributed by atoms with Crippen LogP contribution in [0.25, 0.3) is 11.1 Å². The molecule has 32 heavy (non-hydrogen) atoms. The number of hydrogen-bond acceptors (Lipinski definition) is 6. The summed E-state index contributed by atoms with van der Waals surface area (Å²) in [6.45, 7) is 2.04. The van der Waals surface area contributed by atoms with Gasteiger partial charge in [-0.3, -0.25) is 9.59 Å². The summed E-state index contributed by atoms with van der Waals surface area (Å²) in [6.07, 6.45) is 3.40. The van der Waals surface area contributed by atoms with E-state index in [1.807, 2.05) is 13.0 Å². The number of aromatic hydroxyl groups is 1. The topological polar surface area (TPSA) is 108 Å². The minimum Gasteiger partial charge on any atom is -0.612 e. The molecule has 7 nitrogen and oxygen atoms in total. The average Bonchev–Trinajstić information content (AvgIpc) is 3.52. The maximum atomic E-state index is 12.9. The molecule has 2 aliphatic rings. The third-order valence-corrected chi connectivity index (χ3v) is 7.34. The second kappa shape index (κ2) is 8.67. The number of rotatable bonds is 5. The third-order valence-electron chi connectivity index (χ3n) is 6.39. The molecule has 3 unspecified atom stereocenters. The maximum absolute atomic E-state index is 12.9. The van der Waals surface area contributed by atoms with E-state index in [4.69, 9.17) is 9.47 Å². The van der Waals surface area contributed by atoms with Gasteiger partial charge in [-0.15, -0.1) is 0 Å². The molecule has 0 bridgehead atoms. The van der Waals surface area contributed by atoms with Crippen LogP contribution in [-0.4, -0.2) is 36.0 Å². The van der Waals surface area contributed by atoms with Crippen molar-refractivity contribution < 1.29 is 23.9 Å². The van der Waals surface area contributed by atoms with Crippen LogP contribution in [0.2, 0.25) is 0 Å². The summed E-state index contributed by atoms with van der Waals surface area (Å²) in [5, 5.41) is 14.2. The van der Waals surface area contributed by atoms with Gasteiger partial charge in [-0.2, -0.15) is 0 Å². The lowest BCUT2D eigenvalue weighted by Crippen LogP contribution is -2.30. The Morgan fingerprint density at radius 1 is 1.25 bits per heavy atom. The highest BCUT2D eigenvalue weighted by Crippen LogP contribution is 2.49. The summed E-state index contributed by atoms with van der Waals surface area (Å²) in [5.41, 5.74) is 2.16. The van der Waals surface area contributed by atoms with Crippen LogP contribution in [0.15, 0.2) is 34.0 Å². The molecule has 2 N–H and O–H groups in total. The Morgan fingerprint density at radius 3 is 2.56 bits per heavy atom. The van der Waals surface area contributed by atoms with Crippen LogP contribution >= 0.6 is 0 Å². The molecule has 4 rings (SSSR count). The first-order valence-corrected chi connectivity index (χ1v) is 12.1. The van der Waals surface area contributed by atoms with Crippen molar-refractivity contribution in [2.45, 2.75) is 37.1 Å². The van der Waals surface area contributed by atoms with Crippen LogP contribution in [0, 0.1) is 11.8 Å². The van der Waals surface area contributed by atoms with Crippen molar-refractivity contribution in [1.82, 2.24) is 5.32 Å². The summed E-state index contributed by atoms with van der Waals surface area (Å²) < 4.78 is 22.9. The predicted molar refractivity (Wildman–Crippen MR) is 122 cm³/mol. The van der Waals surface area contributed by atoms with Crippen LogP contribution in [0.3, 0.4) is 0 Å². The summed E-state index contributed by atoms with van der Waals surface area (Å²) >= 11 is -1.48. The van der Waals surface area contributed by atoms with Gasteiger partial charge in [-0.1, -0.05) is 6.92 Å². The molecule has 0 spiro atoms. The third kappa shape index (κ3) is 3.93. The molecule has 8 heteroatoms. The van der Waals surface area contributed by atoms with Gasteiger partial charge >= 0.3 is 0 Å². The smallest absolute Gasteiger partial charge is 0.233 e. The van der Waals surface area contributed by atoms with Crippen LogP contribution in [-0.2, 0) is 22.4 Å². The highest BCUT2D eigenvalue weighted by molar-refractivity contribution is 7.90. The first kappa shape index (κ1) is 22.5. The van der Waals surface area contributed by atoms with E-state index in [0.717, 1.165) is 12.0 Å². The molecule has 0 radical (unpaired) electrons. The molecule has 2 aliphatic carbocycles. The van der Waals surface area contributed by atoms with E-state index in [0.29, 0.717) is 41.2 Å². The molecule has 0 heterocycles. The summed E-state index contributed by atoms with van der Waals surface area (Å²) in [6, 6.07) is 6.06. The fraction of sp³-hybridized carbons (Fsp3) is 0.417. The number of amides is 1. The van der Waals surface area contributed by atoms with Crippen LogP contribution in [0.1, 0.15) is 36.9 Å². The molecule has 0 aliphatic heterocycles. The highest BCUT2D eigenvalue weighted by atomic mass is 32.2. The van der Waals surface area contributed by atoms with Crippen molar-refractivity contribution in [2.24, 2.45) is 11.8 Å². The number of fused-ring (bicyclic) bond motifs is 3. The largest absolute Gasteiger partial charge is 0.612 e. The van der Waals surface area contributed by atoms with Gasteiger partial charge in [-0.25, -0.2) is 0 Å². The van der Waals surface area contributed by atoms with Crippen molar-refractivity contribution in [3.05, 3.63) is 45.6 Å². The minimum atomic E-state index is -1.48. The van der Waals surface area contributed by atoms with E-state index < -0.39 is 17.2 Å². The molecule has 4 atom stereocenters. The lowest BCUT2D eigenvalue weighted by molar-refractivity contribution is -0.123. The van der Waals surface area contributed by atoms with Crippen LogP contribution in [0.4, 0.5) is 0 Å². The fourth-order valence-corrected chi connectivity index (χ4v) is 5.08. The van der Waals surface area contributed by atoms with Gasteiger partial charge in [0.2, 0.25) is 17.1 Å². The van der Waals surface area contributed by atoms with Crippen LogP contribution in [0.5, 0.6) is 17.2 Å². The van der Waals surface area contributed by atoms with Crippen molar-refractivity contribution >= 4 is 17.1 Å². The van der Waals surface area contributed by atoms with Gasteiger partial charge in [-0.05, 0) is 77.3 Å². The molecule has 2 aromatic rings. The van der Waals surface area contributed by atoms with E-state index in [-0.39, 0.29) is 33.6 Å². The van der Waals surface area contributed by atoms with E-state index in [2.05, 4.69) is 5.32 Å². The number of ether oxygens (including phenoxy) is 2. The molecule has 1 fully saturated rings. The SMILES string of the molecule is COc1cc2c(c(O)c1OC)-c1ccc([S+](C)[O-])c(=O)cc1[C@@H](NC(=O)C1CC1C)CC2. The number of hydrogen-bond donors (Lipinski definition) is 2. The summed E-state index contributed by atoms with van der Waals surface area (Å²) in [5.74, 6) is 0.812. The van der Waals surface area contributed by atoms with Gasteiger partial charge < -0.3 is 24.4 Å². The number of aryl methyl sites for hydroxylation is 1. The zero-order chi connectivity index (χ0) is 23.2. The van der Waals surface area contributed by atoms with Gasteiger partial charge in [0.1, 0.15) is 6.26 Å². The number of carbonyl (C=O) groups is 1. The van der Waals surface area contributed by atoms with E-state index in [9.17, 15) is 19.2 Å². The van der Waals surface area contributed by atoms with Crippen molar-refractivity contribution in [3.8, 4) is 28.4 Å². The maximum Gasteiger partial charge on any atom is 0.233 e. The molecule has 1 saturated carbocycles.